The third kappa shape index (κ3) is 7.57. The van der Waals surface area contributed by atoms with Crippen LogP contribution in [0.2, 0.25) is 0 Å². The van der Waals surface area contributed by atoms with Gasteiger partial charge in [-0.2, -0.15) is 0 Å². The van der Waals surface area contributed by atoms with E-state index in [1.54, 1.807) is 11.8 Å². The Morgan fingerprint density at radius 1 is 0.881 bits per heavy atom. The Bertz CT molecular complexity index is 1430. The van der Waals surface area contributed by atoms with Crippen LogP contribution in [0.3, 0.4) is 0 Å². The van der Waals surface area contributed by atoms with Crippen molar-refractivity contribution in [2.24, 2.45) is 5.92 Å². The fourth-order valence-corrected chi connectivity index (χ4v) is 6.04. The van der Waals surface area contributed by atoms with Crippen LogP contribution in [-0.2, 0) is 22.6 Å². The molecule has 1 aromatic heterocycles. The highest BCUT2D eigenvalue weighted by atomic mass is 32.2. The normalized spacial score (nSPS) is 20.2. The van der Waals surface area contributed by atoms with Gasteiger partial charge >= 0.3 is 6.03 Å². The van der Waals surface area contributed by atoms with Gasteiger partial charge in [-0.25, -0.2) is 9.78 Å². The Labute approximate surface area is 251 Å². The minimum absolute atomic E-state index is 0.0103. The Morgan fingerprint density at radius 2 is 1.67 bits per heavy atom. The number of rotatable bonds is 10. The molecular formula is C34H37N3O4S. The van der Waals surface area contributed by atoms with Crippen LogP contribution in [0, 0.1) is 5.92 Å². The Balaban J connectivity index is 1.33. The fraction of sp³-hybridized carbons (Fsp3) is 0.294. The van der Waals surface area contributed by atoms with Crippen molar-refractivity contribution in [2.75, 3.05) is 12.3 Å². The maximum absolute atomic E-state index is 11.8. The first-order valence-corrected chi connectivity index (χ1v) is 15.3. The Hall–Kier alpha value is -3.69. The predicted octanol–water partition coefficient (Wildman–Crippen LogP) is 6.64. The molecule has 5 rings (SSSR count). The third-order valence-corrected chi connectivity index (χ3v) is 8.42. The molecule has 0 bridgehead atoms. The number of aliphatic hydroxyl groups excluding tert-OH is 1. The van der Waals surface area contributed by atoms with Gasteiger partial charge in [0.1, 0.15) is 0 Å². The molecule has 1 fully saturated rings. The molecule has 0 radical (unpaired) electrons. The maximum Gasteiger partial charge on any atom is 0.315 e. The number of pyridine rings is 1. The quantitative estimate of drug-likeness (QED) is 0.181. The molecule has 2 amide bonds. The summed E-state index contributed by atoms with van der Waals surface area (Å²) < 4.78 is 13.2. The van der Waals surface area contributed by atoms with Gasteiger partial charge in [-0.3, -0.25) is 0 Å². The second-order valence-electron chi connectivity index (χ2n) is 10.3. The smallest absolute Gasteiger partial charge is 0.315 e. The predicted molar refractivity (Wildman–Crippen MR) is 166 cm³/mol. The first-order chi connectivity index (χ1) is 20.5. The van der Waals surface area contributed by atoms with Crippen molar-refractivity contribution in [3.63, 3.8) is 0 Å². The molecule has 0 unspecified atom stereocenters. The minimum atomic E-state index is -0.528. The van der Waals surface area contributed by atoms with E-state index in [0.717, 1.165) is 44.2 Å². The van der Waals surface area contributed by atoms with Gasteiger partial charge in [-0.1, -0.05) is 79.7 Å². The summed E-state index contributed by atoms with van der Waals surface area (Å²) >= 11 is 1.69. The summed E-state index contributed by atoms with van der Waals surface area (Å²) in [5.41, 5.74) is 6.06. The van der Waals surface area contributed by atoms with Crippen molar-refractivity contribution in [3.8, 4) is 11.1 Å². The molecule has 4 aromatic rings. The lowest BCUT2D eigenvalue weighted by Gasteiger charge is -2.41. The molecule has 7 nitrogen and oxygen atoms in total. The zero-order valence-electron chi connectivity index (χ0n) is 23.9. The van der Waals surface area contributed by atoms with E-state index in [0.29, 0.717) is 13.1 Å². The molecule has 2 heterocycles. The van der Waals surface area contributed by atoms with Gasteiger partial charge in [0.05, 0.1) is 23.8 Å². The number of aliphatic hydroxyl groups is 1. The highest BCUT2D eigenvalue weighted by Crippen LogP contribution is 2.43. The molecule has 0 spiro atoms. The molecule has 1 aliphatic heterocycles. The summed E-state index contributed by atoms with van der Waals surface area (Å²) in [6.07, 6.45) is 1.05. The number of carbonyl (C=O) groups is 1. The number of nitrogens with zero attached hydrogens (tertiary/aromatic N) is 1. The average Bonchev–Trinajstić information content (AvgIpc) is 3.04. The van der Waals surface area contributed by atoms with Gasteiger partial charge in [0.25, 0.3) is 0 Å². The molecule has 3 aromatic carbocycles. The number of urea groups is 1. The Kier molecular flexibility index (Phi) is 10.3. The SMILES string of the molecule is CCNC(=O)NCc1cccc(-c2ccc([C@@H]3O[C@H](CSc4ccccn4)[C@H](C)[C@H](c4ccc(CO)cc4)O3)cc2)c1. The summed E-state index contributed by atoms with van der Waals surface area (Å²) in [6.45, 7) is 5.12. The lowest BCUT2D eigenvalue weighted by Crippen LogP contribution is -2.38. The van der Waals surface area contributed by atoms with Gasteiger partial charge in [-0.05, 0) is 52.9 Å². The third-order valence-electron chi connectivity index (χ3n) is 7.39. The van der Waals surface area contributed by atoms with Gasteiger partial charge in [0.15, 0.2) is 6.29 Å². The standard InChI is InChI=1S/C34H37N3O4S/c1-3-35-34(39)37-20-25-7-6-8-29(19-25)26-14-16-28(17-15-26)33-40-30(22-42-31-9-4-5-18-36-31)23(2)32(41-33)27-12-10-24(21-38)11-13-27/h4-19,23,30,32-33,38H,3,20-22H2,1-2H3,(H2,35,37,39)/t23-,30+,32+,33+/m0/s1. The lowest BCUT2D eigenvalue weighted by atomic mass is 9.91. The molecule has 218 valence electrons. The highest BCUT2D eigenvalue weighted by Gasteiger charge is 2.38. The zero-order valence-corrected chi connectivity index (χ0v) is 24.7. The lowest BCUT2D eigenvalue weighted by molar-refractivity contribution is -0.268. The van der Waals surface area contributed by atoms with Crippen molar-refractivity contribution in [1.29, 1.82) is 0 Å². The summed E-state index contributed by atoms with van der Waals surface area (Å²) in [6, 6.07) is 30.2. The van der Waals surface area contributed by atoms with Gasteiger partial charge in [0.2, 0.25) is 0 Å². The van der Waals surface area contributed by atoms with E-state index in [1.165, 1.54) is 0 Å². The van der Waals surface area contributed by atoms with Crippen LogP contribution in [0.25, 0.3) is 11.1 Å². The van der Waals surface area contributed by atoms with Crippen molar-refractivity contribution in [3.05, 3.63) is 119 Å². The first kappa shape index (κ1) is 29.8. The van der Waals surface area contributed by atoms with Crippen LogP contribution in [0.5, 0.6) is 0 Å². The number of nitrogens with one attached hydrogen (secondary N) is 2. The molecule has 1 aliphatic rings. The number of benzene rings is 3. The van der Waals surface area contributed by atoms with Crippen molar-refractivity contribution in [2.45, 2.75) is 50.5 Å². The number of hydrogen-bond acceptors (Lipinski definition) is 6. The van der Waals surface area contributed by atoms with Crippen LogP contribution >= 0.6 is 11.8 Å². The van der Waals surface area contributed by atoms with Crippen molar-refractivity contribution in [1.82, 2.24) is 15.6 Å². The molecule has 4 atom stereocenters. The fourth-order valence-electron chi connectivity index (χ4n) is 5.01. The number of hydrogen-bond donors (Lipinski definition) is 3. The van der Waals surface area contributed by atoms with Gasteiger partial charge < -0.3 is 25.2 Å². The first-order valence-electron chi connectivity index (χ1n) is 14.3. The second kappa shape index (κ2) is 14.5. The largest absolute Gasteiger partial charge is 0.392 e. The van der Waals surface area contributed by atoms with E-state index in [4.69, 9.17) is 9.47 Å². The summed E-state index contributed by atoms with van der Waals surface area (Å²) in [4.78, 5) is 16.3. The molecule has 3 N–H and O–H groups in total. The average molecular weight is 584 g/mol. The van der Waals surface area contributed by atoms with Crippen LogP contribution in [0.4, 0.5) is 4.79 Å². The van der Waals surface area contributed by atoms with Gasteiger partial charge in [0, 0.05) is 36.5 Å². The Morgan fingerprint density at radius 3 is 2.38 bits per heavy atom. The monoisotopic (exact) mass is 583 g/mol. The molecule has 0 aliphatic carbocycles. The number of carbonyl (C=O) groups excluding carboxylic acids is 1. The van der Waals surface area contributed by atoms with Crippen LogP contribution in [0.1, 0.15) is 48.5 Å². The van der Waals surface area contributed by atoms with E-state index in [-0.39, 0.29) is 30.8 Å². The van der Waals surface area contributed by atoms with E-state index in [9.17, 15) is 9.90 Å². The highest BCUT2D eigenvalue weighted by molar-refractivity contribution is 7.99. The zero-order chi connectivity index (χ0) is 29.3. The van der Waals surface area contributed by atoms with Crippen LogP contribution in [-0.4, -0.2) is 34.5 Å². The maximum atomic E-state index is 11.8. The molecule has 1 saturated heterocycles. The molecule has 0 saturated carbocycles. The summed E-state index contributed by atoms with van der Waals surface area (Å²) in [5.74, 6) is 0.853. The molecular weight excluding hydrogens is 546 g/mol. The van der Waals surface area contributed by atoms with Crippen molar-refractivity contribution < 1.29 is 19.4 Å². The number of thioether (sulfide) groups is 1. The number of aromatic nitrogens is 1. The van der Waals surface area contributed by atoms with E-state index < -0.39 is 6.29 Å². The second-order valence-corrected chi connectivity index (χ2v) is 11.4. The summed E-state index contributed by atoms with van der Waals surface area (Å²) in [7, 11) is 0. The number of ether oxygens (including phenoxy) is 2. The van der Waals surface area contributed by atoms with Crippen LogP contribution in [0.15, 0.2) is 102 Å². The minimum Gasteiger partial charge on any atom is -0.392 e. The van der Waals surface area contributed by atoms with E-state index in [1.807, 2.05) is 67.7 Å². The number of amides is 2. The van der Waals surface area contributed by atoms with E-state index >= 15 is 0 Å². The van der Waals surface area contributed by atoms with Crippen molar-refractivity contribution >= 4 is 17.8 Å². The topological polar surface area (TPSA) is 92.7 Å². The van der Waals surface area contributed by atoms with Gasteiger partial charge in [-0.15, -0.1) is 11.8 Å². The van der Waals surface area contributed by atoms with Crippen LogP contribution < -0.4 is 10.6 Å². The molecule has 42 heavy (non-hydrogen) atoms. The molecule has 8 heteroatoms. The summed E-state index contributed by atoms with van der Waals surface area (Å²) in [5, 5.41) is 16.1. The van der Waals surface area contributed by atoms with E-state index in [2.05, 4.69) is 58.9 Å².